The summed E-state index contributed by atoms with van der Waals surface area (Å²) in [6, 6.07) is 5.91. The zero-order valence-electron chi connectivity index (χ0n) is 8.27. The van der Waals surface area contributed by atoms with E-state index in [1.54, 1.807) is 0 Å². The molecule has 14 heavy (non-hydrogen) atoms. The minimum Gasteiger partial charge on any atom is -0.310 e. The van der Waals surface area contributed by atoms with Gasteiger partial charge in [-0.2, -0.15) is 0 Å². The standard InChI is InChI=1S/C10H14N4/c1-2-6-11-8-10-13-12-9-5-3-4-7-14(9)10/h3-5,7,11H,2,6,8H2,1H3. The molecule has 74 valence electrons. The van der Waals surface area contributed by atoms with Gasteiger partial charge >= 0.3 is 0 Å². The van der Waals surface area contributed by atoms with Crippen molar-refractivity contribution in [1.82, 2.24) is 19.9 Å². The summed E-state index contributed by atoms with van der Waals surface area (Å²) in [6.07, 6.45) is 3.12. The van der Waals surface area contributed by atoms with Crippen molar-refractivity contribution >= 4 is 5.65 Å². The molecule has 0 saturated carbocycles. The fourth-order valence-corrected chi connectivity index (χ4v) is 1.39. The third-order valence-electron chi connectivity index (χ3n) is 2.09. The van der Waals surface area contributed by atoms with Crippen LogP contribution in [0.1, 0.15) is 19.2 Å². The maximum Gasteiger partial charge on any atom is 0.160 e. The first-order valence-corrected chi connectivity index (χ1v) is 4.91. The van der Waals surface area contributed by atoms with E-state index in [1.807, 2.05) is 28.8 Å². The Hall–Kier alpha value is -1.42. The van der Waals surface area contributed by atoms with Crippen LogP contribution < -0.4 is 5.32 Å². The van der Waals surface area contributed by atoms with Gasteiger partial charge in [0.1, 0.15) is 0 Å². The summed E-state index contributed by atoms with van der Waals surface area (Å²) in [4.78, 5) is 0. The van der Waals surface area contributed by atoms with Crippen LogP contribution in [0.2, 0.25) is 0 Å². The summed E-state index contributed by atoms with van der Waals surface area (Å²) in [5.74, 6) is 0.967. The van der Waals surface area contributed by atoms with Gasteiger partial charge in [-0.05, 0) is 25.1 Å². The SMILES string of the molecule is CCCNCc1nnc2ccccn12. The molecule has 0 saturated heterocycles. The molecule has 0 spiro atoms. The van der Waals surface area contributed by atoms with Crippen molar-refractivity contribution < 1.29 is 0 Å². The fraction of sp³-hybridized carbons (Fsp3) is 0.400. The molecule has 0 atom stereocenters. The number of pyridine rings is 1. The number of nitrogens with zero attached hydrogens (tertiary/aromatic N) is 3. The van der Waals surface area contributed by atoms with Gasteiger partial charge in [0.2, 0.25) is 0 Å². The van der Waals surface area contributed by atoms with E-state index in [4.69, 9.17) is 0 Å². The van der Waals surface area contributed by atoms with E-state index in [1.165, 1.54) is 0 Å². The van der Waals surface area contributed by atoms with Crippen molar-refractivity contribution in [1.29, 1.82) is 0 Å². The molecule has 0 fully saturated rings. The lowest BCUT2D eigenvalue weighted by molar-refractivity contribution is 0.645. The number of fused-ring (bicyclic) bond motifs is 1. The lowest BCUT2D eigenvalue weighted by atomic mass is 10.4. The van der Waals surface area contributed by atoms with Gasteiger partial charge in [-0.25, -0.2) is 0 Å². The van der Waals surface area contributed by atoms with Crippen LogP contribution in [0.5, 0.6) is 0 Å². The second-order valence-corrected chi connectivity index (χ2v) is 3.22. The number of nitrogens with one attached hydrogen (secondary N) is 1. The summed E-state index contributed by atoms with van der Waals surface area (Å²) in [5.41, 5.74) is 0.904. The second kappa shape index (κ2) is 4.19. The summed E-state index contributed by atoms with van der Waals surface area (Å²) in [7, 11) is 0. The topological polar surface area (TPSA) is 42.2 Å². The molecule has 0 aliphatic rings. The Morgan fingerprint density at radius 1 is 1.36 bits per heavy atom. The molecule has 2 heterocycles. The number of rotatable bonds is 4. The van der Waals surface area contributed by atoms with Crippen molar-refractivity contribution in [2.75, 3.05) is 6.54 Å². The number of hydrogen-bond donors (Lipinski definition) is 1. The van der Waals surface area contributed by atoms with Crippen LogP contribution in [-0.2, 0) is 6.54 Å². The van der Waals surface area contributed by atoms with Crippen LogP contribution in [0, 0.1) is 0 Å². The van der Waals surface area contributed by atoms with Crippen LogP contribution in [0.25, 0.3) is 5.65 Å². The predicted octanol–water partition coefficient (Wildman–Crippen LogP) is 1.23. The highest BCUT2D eigenvalue weighted by atomic mass is 15.3. The molecule has 0 bridgehead atoms. The number of hydrogen-bond acceptors (Lipinski definition) is 3. The predicted molar refractivity (Wildman–Crippen MR) is 55.0 cm³/mol. The molecule has 0 radical (unpaired) electrons. The summed E-state index contributed by atoms with van der Waals surface area (Å²) >= 11 is 0. The highest BCUT2D eigenvalue weighted by Gasteiger charge is 2.02. The van der Waals surface area contributed by atoms with Crippen molar-refractivity contribution in [3.63, 3.8) is 0 Å². The third-order valence-corrected chi connectivity index (χ3v) is 2.09. The molecule has 1 N–H and O–H groups in total. The van der Waals surface area contributed by atoms with E-state index >= 15 is 0 Å². The smallest absolute Gasteiger partial charge is 0.160 e. The first-order chi connectivity index (χ1) is 6.92. The minimum absolute atomic E-state index is 0.777. The quantitative estimate of drug-likeness (QED) is 0.737. The van der Waals surface area contributed by atoms with Crippen molar-refractivity contribution in [2.45, 2.75) is 19.9 Å². The van der Waals surface area contributed by atoms with Crippen molar-refractivity contribution in [3.05, 3.63) is 30.2 Å². The van der Waals surface area contributed by atoms with E-state index in [-0.39, 0.29) is 0 Å². The molecule has 4 nitrogen and oxygen atoms in total. The average Bonchev–Trinajstić information content (AvgIpc) is 2.63. The van der Waals surface area contributed by atoms with Gasteiger partial charge in [0.15, 0.2) is 11.5 Å². The summed E-state index contributed by atoms with van der Waals surface area (Å²) < 4.78 is 2.00. The molecule has 0 aliphatic heterocycles. The van der Waals surface area contributed by atoms with Crippen LogP contribution in [0.4, 0.5) is 0 Å². The lowest BCUT2D eigenvalue weighted by Gasteiger charge is -2.00. The molecule has 0 amide bonds. The molecule has 2 rings (SSSR count). The zero-order chi connectivity index (χ0) is 9.80. The monoisotopic (exact) mass is 190 g/mol. The number of aromatic nitrogens is 3. The molecule has 0 unspecified atom stereocenters. The Labute approximate surface area is 83.0 Å². The lowest BCUT2D eigenvalue weighted by Crippen LogP contribution is -2.15. The fourth-order valence-electron chi connectivity index (χ4n) is 1.39. The van der Waals surface area contributed by atoms with Crippen LogP contribution in [-0.4, -0.2) is 21.1 Å². The highest BCUT2D eigenvalue weighted by molar-refractivity contribution is 5.36. The van der Waals surface area contributed by atoms with Crippen molar-refractivity contribution in [2.24, 2.45) is 0 Å². The first kappa shape index (κ1) is 9.15. The maximum absolute atomic E-state index is 4.12. The van der Waals surface area contributed by atoms with E-state index in [0.29, 0.717) is 0 Å². The van der Waals surface area contributed by atoms with Gasteiger partial charge in [0.25, 0.3) is 0 Å². The van der Waals surface area contributed by atoms with E-state index in [9.17, 15) is 0 Å². The Morgan fingerprint density at radius 3 is 3.14 bits per heavy atom. The van der Waals surface area contributed by atoms with E-state index in [0.717, 1.165) is 31.0 Å². The van der Waals surface area contributed by atoms with Gasteiger partial charge in [0, 0.05) is 6.20 Å². The molecular weight excluding hydrogens is 176 g/mol. The average molecular weight is 190 g/mol. The van der Waals surface area contributed by atoms with Crippen LogP contribution in [0.3, 0.4) is 0 Å². The molecule has 2 aromatic rings. The Balaban J connectivity index is 2.17. The maximum atomic E-state index is 4.12. The van der Waals surface area contributed by atoms with E-state index in [2.05, 4.69) is 22.4 Å². The molecule has 0 aliphatic carbocycles. The van der Waals surface area contributed by atoms with Gasteiger partial charge in [-0.3, -0.25) is 4.40 Å². The molecular formula is C10H14N4. The first-order valence-electron chi connectivity index (χ1n) is 4.91. The van der Waals surface area contributed by atoms with Crippen molar-refractivity contribution in [3.8, 4) is 0 Å². The van der Waals surface area contributed by atoms with Crippen LogP contribution >= 0.6 is 0 Å². The van der Waals surface area contributed by atoms with E-state index < -0.39 is 0 Å². The molecule has 0 aromatic carbocycles. The Kier molecular flexibility index (Phi) is 2.74. The largest absolute Gasteiger partial charge is 0.310 e. The Bertz CT molecular complexity index is 407. The summed E-state index contributed by atoms with van der Waals surface area (Å²) in [5, 5.41) is 11.5. The zero-order valence-corrected chi connectivity index (χ0v) is 8.27. The molecule has 2 aromatic heterocycles. The molecule has 4 heteroatoms. The second-order valence-electron chi connectivity index (χ2n) is 3.22. The summed E-state index contributed by atoms with van der Waals surface area (Å²) in [6.45, 7) is 3.94. The van der Waals surface area contributed by atoms with Gasteiger partial charge in [-0.1, -0.05) is 13.0 Å². The van der Waals surface area contributed by atoms with Gasteiger partial charge in [-0.15, -0.1) is 10.2 Å². The van der Waals surface area contributed by atoms with Gasteiger partial charge < -0.3 is 5.32 Å². The Morgan fingerprint density at radius 2 is 2.29 bits per heavy atom. The highest BCUT2D eigenvalue weighted by Crippen LogP contribution is 2.01. The minimum atomic E-state index is 0.777. The van der Waals surface area contributed by atoms with Crippen LogP contribution in [0.15, 0.2) is 24.4 Å². The normalized spacial score (nSPS) is 10.9. The van der Waals surface area contributed by atoms with Gasteiger partial charge in [0.05, 0.1) is 6.54 Å². The third kappa shape index (κ3) is 1.75.